The van der Waals surface area contributed by atoms with Crippen LogP contribution in [0.1, 0.15) is 36.0 Å². The maximum atomic E-state index is 11.6. The molecular formula is C12H15NaO7S. The summed E-state index contributed by atoms with van der Waals surface area (Å²) in [7, 11) is -4.56. The number of hydrogen-bond donors (Lipinski definition) is 1. The molecule has 7 nitrogen and oxygen atoms in total. The molecule has 0 heterocycles. The van der Waals surface area contributed by atoms with Crippen molar-refractivity contribution in [1.82, 2.24) is 0 Å². The van der Waals surface area contributed by atoms with Gasteiger partial charge in [0.15, 0.2) is 0 Å². The van der Waals surface area contributed by atoms with Gasteiger partial charge >= 0.3 is 41.5 Å². The first-order chi connectivity index (χ1) is 9.29. The molecule has 1 rings (SSSR count). The normalized spacial score (nSPS) is 10.4. The van der Waals surface area contributed by atoms with Crippen LogP contribution < -0.4 is 29.6 Å². The summed E-state index contributed by atoms with van der Waals surface area (Å²) in [5, 5.41) is 0. The van der Waals surface area contributed by atoms with E-state index in [-0.39, 0.29) is 55.3 Å². The molecule has 0 fully saturated rings. The number of ether oxygens (including phenoxy) is 2. The molecule has 21 heavy (non-hydrogen) atoms. The van der Waals surface area contributed by atoms with Crippen molar-refractivity contribution in [3.8, 4) is 0 Å². The van der Waals surface area contributed by atoms with Gasteiger partial charge in [-0.05, 0) is 32.0 Å². The van der Waals surface area contributed by atoms with Gasteiger partial charge in [-0.3, -0.25) is 4.55 Å². The van der Waals surface area contributed by atoms with Crippen molar-refractivity contribution in [2.24, 2.45) is 0 Å². The summed E-state index contributed by atoms with van der Waals surface area (Å²) >= 11 is 0. The first-order valence-electron chi connectivity index (χ1n) is 5.76. The van der Waals surface area contributed by atoms with Crippen molar-refractivity contribution in [2.75, 3.05) is 13.2 Å². The molecule has 0 saturated carbocycles. The Morgan fingerprint density at radius 2 is 1.43 bits per heavy atom. The summed E-state index contributed by atoms with van der Waals surface area (Å²) in [5.74, 6) is -1.60. The molecule has 1 aromatic rings. The molecule has 1 aromatic carbocycles. The fourth-order valence-electron chi connectivity index (χ4n) is 1.41. The van der Waals surface area contributed by atoms with E-state index in [2.05, 4.69) is 0 Å². The zero-order valence-electron chi connectivity index (χ0n) is 13.0. The third kappa shape index (κ3) is 5.76. The van der Waals surface area contributed by atoms with Gasteiger partial charge in [-0.2, -0.15) is 8.42 Å². The Balaban J connectivity index is 0. The molecule has 0 aliphatic rings. The van der Waals surface area contributed by atoms with Gasteiger partial charge in [0.25, 0.3) is 10.1 Å². The summed E-state index contributed by atoms with van der Waals surface area (Å²) in [6, 6.07) is 3.00. The minimum absolute atomic E-state index is 0. The number of rotatable bonds is 5. The van der Waals surface area contributed by atoms with Crippen LogP contribution in [0.3, 0.4) is 0 Å². The third-order valence-corrected chi connectivity index (χ3v) is 3.06. The topological polar surface area (TPSA) is 107 Å². The summed E-state index contributed by atoms with van der Waals surface area (Å²) in [5.41, 5.74) is -0.324. The first kappa shape index (κ1) is 20.1. The van der Waals surface area contributed by atoms with Crippen molar-refractivity contribution >= 4 is 22.1 Å². The molecule has 0 atom stereocenters. The molecule has 0 aliphatic heterocycles. The molecule has 0 bridgehead atoms. The monoisotopic (exact) mass is 326 g/mol. The Bertz CT molecular complexity index is 594. The molecule has 0 aromatic heterocycles. The van der Waals surface area contributed by atoms with Gasteiger partial charge in [0.2, 0.25) is 0 Å². The minimum atomic E-state index is -4.56. The van der Waals surface area contributed by atoms with E-state index in [1.807, 2.05) is 0 Å². The SMILES string of the molecule is CCOC(=O)c1cc(C(=O)OCC)cc(S(=O)(=O)O)c1.[H-].[Na+]. The van der Waals surface area contributed by atoms with Crippen LogP contribution in [0.4, 0.5) is 0 Å². The number of carbonyl (C=O) groups excluding carboxylic acids is 2. The molecule has 0 amide bonds. The molecule has 0 spiro atoms. The molecule has 0 unspecified atom stereocenters. The minimum Gasteiger partial charge on any atom is -1.00 e. The van der Waals surface area contributed by atoms with Crippen LogP contribution in [-0.4, -0.2) is 38.1 Å². The average molecular weight is 326 g/mol. The van der Waals surface area contributed by atoms with E-state index in [1.165, 1.54) is 0 Å². The van der Waals surface area contributed by atoms with Gasteiger partial charge in [0, 0.05) is 0 Å². The Morgan fingerprint density at radius 1 is 1.05 bits per heavy atom. The van der Waals surface area contributed by atoms with Gasteiger partial charge in [0.1, 0.15) is 0 Å². The maximum absolute atomic E-state index is 11.6. The molecule has 1 N–H and O–H groups in total. The molecule has 0 aliphatic carbocycles. The second-order valence-corrected chi connectivity index (χ2v) is 5.08. The second-order valence-electron chi connectivity index (χ2n) is 3.66. The van der Waals surface area contributed by atoms with E-state index in [1.54, 1.807) is 13.8 Å². The Morgan fingerprint density at radius 3 is 1.71 bits per heavy atom. The van der Waals surface area contributed by atoms with Crippen molar-refractivity contribution < 1.29 is 63.0 Å². The fourth-order valence-corrected chi connectivity index (χ4v) is 1.96. The van der Waals surface area contributed by atoms with E-state index >= 15 is 0 Å². The van der Waals surface area contributed by atoms with Crippen LogP contribution in [-0.2, 0) is 19.6 Å². The maximum Gasteiger partial charge on any atom is 1.00 e. The third-order valence-electron chi connectivity index (χ3n) is 2.23. The van der Waals surface area contributed by atoms with E-state index in [9.17, 15) is 18.0 Å². The summed E-state index contributed by atoms with van der Waals surface area (Å²) in [6.45, 7) is 3.33. The van der Waals surface area contributed by atoms with Gasteiger partial charge in [0.05, 0.1) is 29.2 Å². The van der Waals surface area contributed by atoms with E-state index < -0.39 is 27.0 Å². The van der Waals surface area contributed by atoms with Crippen molar-refractivity contribution in [3.05, 3.63) is 29.3 Å². The van der Waals surface area contributed by atoms with E-state index in [0.29, 0.717) is 0 Å². The smallest absolute Gasteiger partial charge is 1.00 e. The van der Waals surface area contributed by atoms with Crippen LogP contribution in [0.15, 0.2) is 23.1 Å². The van der Waals surface area contributed by atoms with Gasteiger partial charge in [-0.15, -0.1) is 0 Å². The van der Waals surface area contributed by atoms with Crippen LogP contribution in [0, 0.1) is 0 Å². The number of hydrogen-bond acceptors (Lipinski definition) is 6. The standard InChI is InChI=1S/C12H14O7S.Na.H/c1-3-18-11(13)8-5-9(12(14)19-4-2)7-10(6-8)20(15,16)17;;/h5-7H,3-4H2,1-2H3,(H,15,16,17);;/q;+1;-1. The van der Waals surface area contributed by atoms with E-state index in [0.717, 1.165) is 18.2 Å². The molecule has 9 heteroatoms. The van der Waals surface area contributed by atoms with Crippen molar-refractivity contribution in [1.29, 1.82) is 0 Å². The number of esters is 2. The molecular weight excluding hydrogens is 311 g/mol. The van der Waals surface area contributed by atoms with Gasteiger partial charge < -0.3 is 10.9 Å². The molecule has 112 valence electrons. The summed E-state index contributed by atoms with van der Waals surface area (Å²) in [4.78, 5) is 22.6. The molecule has 0 radical (unpaired) electrons. The Labute approximate surface area is 146 Å². The second kappa shape index (κ2) is 8.50. The van der Waals surface area contributed by atoms with E-state index in [4.69, 9.17) is 14.0 Å². The summed E-state index contributed by atoms with van der Waals surface area (Å²) in [6.07, 6.45) is 0. The van der Waals surface area contributed by atoms with Gasteiger partial charge in [-0.25, -0.2) is 9.59 Å². The van der Waals surface area contributed by atoms with Crippen LogP contribution in [0.2, 0.25) is 0 Å². The molecule has 0 saturated heterocycles. The summed E-state index contributed by atoms with van der Waals surface area (Å²) < 4.78 is 40.8. The van der Waals surface area contributed by atoms with Crippen LogP contribution in [0.5, 0.6) is 0 Å². The first-order valence-corrected chi connectivity index (χ1v) is 7.20. The average Bonchev–Trinajstić information content (AvgIpc) is 2.37. The van der Waals surface area contributed by atoms with Crippen LogP contribution >= 0.6 is 0 Å². The predicted octanol–water partition coefficient (Wildman–Crippen LogP) is -1.60. The predicted molar refractivity (Wildman–Crippen MR) is 69.3 cm³/mol. The van der Waals surface area contributed by atoms with Crippen molar-refractivity contribution in [2.45, 2.75) is 18.7 Å². The largest absolute Gasteiger partial charge is 1.00 e. The van der Waals surface area contributed by atoms with Crippen molar-refractivity contribution in [3.63, 3.8) is 0 Å². The van der Waals surface area contributed by atoms with Crippen LogP contribution in [0.25, 0.3) is 0 Å². The van der Waals surface area contributed by atoms with Gasteiger partial charge in [-0.1, -0.05) is 0 Å². The quantitative estimate of drug-likeness (QED) is 0.395. The zero-order chi connectivity index (χ0) is 15.3. The Kier molecular flexibility index (Phi) is 8.12. The fraction of sp³-hybridized carbons (Fsp3) is 0.333. The number of benzene rings is 1. The Hall–Kier alpha value is -0.930. The zero-order valence-corrected chi connectivity index (χ0v) is 14.8. The number of carbonyl (C=O) groups is 2.